The molecule has 15 heteroatoms. The number of nitrogens with zero attached hydrogens (tertiary/aromatic N) is 4. The lowest BCUT2D eigenvalue weighted by atomic mass is 9.99. The number of hydrogen-bond donors (Lipinski definition) is 4. The molecule has 1 saturated heterocycles. The lowest BCUT2D eigenvalue weighted by Crippen LogP contribution is -2.65. The maximum atomic E-state index is 14.6. The second kappa shape index (κ2) is 8.17. The Labute approximate surface area is 172 Å². The first-order chi connectivity index (χ1) is 13.7. The number of halogens is 3. The van der Waals surface area contributed by atoms with Crippen LogP contribution in [0.3, 0.4) is 0 Å². The molecule has 0 atom stereocenters. The fourth-order valence-corrected chi connectivity index (χ4v) is 3.98. The number of nitrogens with one attached hydrogen (secondary N) is 3. The van der Waals surface area contributed by atoms with Gasteiger partial charge in [0.2, 0.25) is 11.7 Å². The summed E-state index contributed by atoms with van der Waals surface area (Å²) in [4.78, 5) is 0. The van der Waals surface area contributed by atoms with Gasteiger partial charge in [-0.05, 0) is 44.4 Å². The Bertz CT molecular complexity index is 1030. The normalized spacial score (nSPS) is 17.0. The minimum Gasteiger partial charge on any atom is -0.409 e. The molecule has 0 aliphatic carbocycles. The Balaban J connectivity index is 1.66. The van der Waals surface area contributed by atoms with Crippen LogP contribution >= 0.6 is 15.9 Å². The highest BCUT2D eigenvalue weighted by atomic mass is 79.9. The monoisotopic (exact) mass is 495 g/mol. The second-order valence-electron chi connectivity index (χ2n) is 6.15. The number of anilines is 2. The summed E-state index contributed by atoms with van der Waals surface area (Å²) in [6, 6.07) is 3.99. The summed E-state index contributed by atoms with van der Waals surface area (Å²) in [5.74, 6) is -0.696. The van der Waals surface area contributed by atoms with Crippen molar-refractivity contribution in [2.45, 2.75) is 5.67 Å². The molecule has 0 bridgehead atoms. The number of hydrogen-bond acceptors (Lipinski definition) is 8. The predicted molar refractivity (Wildman–Crippen MR) is 102 cm³/mol. The number of alkyl halides is 1. The quantitative estimate of drug-likeness (QED) is 0.193. The average molecular weight is 496 g/mol. The first-order valence-corrected chi connectivity index (χ1v) is 10.3. The van der Waals surface area contributed by atoms with Crippen LogP contribution in [0.25, 0.3) is 0 Å². The van der Waals surface area contributed by atoms with Gasteiger partial charge in [-0.25, -0.2) is 18.1 Å². The van der Waals surface area contributed by atoms with Gasteiger partial charge in [0.15, 0.2) is 11.4 Å². The molecule has 2 aromatic rings. The summed E-state index contributed by atoms with van der Waals surface area (Å²) in [7, 11) is -2.46. The Hall–Kier alpha value is -2.36. The van der Waals surface area contributed by atoms with Crippen LogP contribution in [0.1, 0.15) is 5.69 Å². The number of oxime groups is 1. The van der Waals surface area contributed by atoms with E-state index in [4.69, 9.17) is 0 Å². The van der Waals surface area contributed by atoms with E-state index in [0.29, 0.717) is 5.69 Å². The Morgan fingerprint density at radius 3 is 2.79 bits per heavy atom. The molecule has 29 heavy (non-hydrogen) atoms. The Morgan fingerprint density at radius 2 is 2.17 bits per heavy atom. The molecular formula is C14H16BrF2N7O4S. The highest BCUT2D eigenvalue weighted by molar-refractivity contribution is 9.10. The number of aromatic nitrogens is 2. The fraction of sp³-hybridized carbons (Fsp3) is 0.357. The van der Waals surface area contributed by atoms with Crippen LogP contribution in [0.4, 0.5) is 20.3 Å². The van der Waals surface area contributed by atoms with Crippen molar-refractivity contribution in [2.24, 2.45) is 5.16 Å². The zero-order valence-corrected chi connectivity index (χ0v) is 17.3. The van der Waals surface area contributed by atoms with Crippen molar-refractivity contribution in [3.63, 3.8) is 0 Å². The molecule has 0 unspecified atom stereocenters. The molecule has 11 nitrogen and oxygen atoms in total. The lowest BCUT2D eigenvalue weighted by Gasteiger charge is -2.42. The molecule has 0 radical (unpaired) electrons. The van der Waals surface area contributed by atoms with Crippen molar-refractivity contribution in [3.05, 3.63) is 34.2 Å². The molecule has 158 valence electrons. The van der Waals surface area contributed by atoms with Gasteiger partial charge in [-0.1, -0.05) is 5.16 Å². The van der Waals surface area contributed by atoms with Gasteiger partial charge in [-0.15, -0.1) is 0 Å². The average Bonchev–Trinajstić information content (AvgIpc) is 3.13. The van der Waals surface area contributed by atoms with E-state index < -0.39 is 21.7 Å². The van der Waals surface area contributed by atoms with E-state index >= 15 is 0 Å². The SMILES string of the molecule is CNS(=O)(=O)N1CC(F)(CNc2nonc2/C(=N/O)Nc2ccc(F)c(Br)c2)C1. The molecule has 1 aromatic carbocycles. The van der Waals surface area contributed by atoms with Crippen LogP contribution in [0, 0.1) is 5.82 Å². The van der Waals surface area contributed by atoms with Gasteiger partial charge in [-0.2, -0.15) is 12.7 Å². The van der Waals surface area contributed by atoms with Crippen molar-refractivity contribution in [3.8, 4) is 0 Å². The van der Waals surface area contributed by atoms with Crippen molar-refractivity contribution >= 4 is 43.5 Å². The first-order valence-electron chi connectivity index (χ1n) is 8.06. The molecule has 0 spiro atoms. The number of amidine groups is 1. The van der Waals surface area contributed by atoms with Gasteiger partial charge in [-0.3, -0.25) is 0 Å². The molecule has 0 saturated carbocycles. The fourth-order valence-electron chi connectivity index (χ4n) is 2.54. The van der Waals surface area contributed by atoms with E-state index in [1.165, 1.54) is 25.2 Å². The highest BCUT2D eigenvalue weighted by Gasteiger charge is 2.48. The van der Waals surface area contributed by atoms with Crippen LogP contribution in [-0.2, 0) is 10.2 Å². The third-order valence-corrected chi connectivity index (χ3v) is 6.15. The lowest BCUT2D eigenvalue weighted by molar-refractivity contribution is 0.0332. The largest absolute Gasteiger partial charge is 0.409 e. The summed E-state index contributed by atoms with van der Waals surface area (Å²) in [5, 5.41) is 24.9. The molecule has 1 aromatic heterocycles. The summed E-state index contributed by atoms with van der Waals surface area (Å²) in [6.07, 6.45) is 0. The van der Waals surface area contributed by atoms with E-state index in [2.05, 4.69) is 51.4 Å². The molecule has 1 aliphatic heterocycles. The highest BCUT2D eigenvalue weighted by Crippen LogP contribution is 2.28. The van der Waals surface area contributed by atoms with E-state index in [9.17, 15) is 22.4 Å². The molecule has 4 N–H and O–H groups in total. The van der Waals surface area contributed by atoms with Gasteiger partial charge in [0.25, 0.3) is 10.2 Å². The third kappa shape index (κ3) is 4.63. The van der Waals surface area contributed by atoms with Crippen LogP contribution in [0.15, 0.2) is 32.5 Å². The standard InChI is InChI=1S/C14H16BrF2N7O4S/c1-18-29(26,27)24-6-14(17,7-24)5-19-12-11(22-28-23-12)13(21-25)20-8-2-3-10(16)9(15)4-8/h2-4,18,25H,5-7H2,1H3,(H,19,23)(H,20,21). The van der Waals surface area contributed by atoms with Gasteiger partial charge >= 0.3 is 0 Å². The van der Waals surface area contributed by atoms with Crippen molar-refractivity contribution < 1.29 is 27.0 Å². The molecule has 2 heterocycles. The van der Waals surface area contributed by atoms with E-state index in [1.807, 2.05) is 0 Å². The van der Waals surface area contributed by atoms with Crippen LogP contribution in [-0.4, -0.2) is 66.4 Å². The third-order valence-electron chi connectivity index (χ3n) is 4.09. The van der Waals surface area contributed by atoms with Gasteiger partial charge in [0, 0.05) is 12.7 Å². The van der Waals surface area contributed by atoms with Crippen molar-refractivity contribution in [1.82, 2.24) is 19.3 Å². The van der Waals surface area contributed by atoms with Gasteiger partial charge < -0.3 is 15.8 Å². The van der Waals surface area contributed by atoms with Gasteiger partial charge in [0.1, 0.15) is 5.82 Å². The van der Waals surface area contributed by atoms with Crippen LogP contribution in [0.5, 0.6) is 0 Å². The van der Waals surface area contributed by atoms with E-state index in [0.717, 1.165) is 4.31 Å². The zero-order valence-electron chi connectivity index (χ0n) is 14.9. The van der Waals surface area contributed by atoms with Crippen molar-refractivity contribution in [1.29, 1.82) is 0 Å². The van der Waals surface area contributed by atoms with Crippen molar-refractivity contribution in [2.75, 3.05) is 37.3 Å². The summed E-state index contributed by atoms with van der Waals surface area (Å²) >= 11 is 3.04. The minimum absolute atomic E-state index is 0.0292. The molecule has 3 rings (SSSR count). The minimum atomic E-state index is -3.70. The molecular weight excluding hydrogens is 480 g/mol. The van der Waals surface area contributed by atoms with E-state index in [-0.39, 0.29) is 41.5 Å². The summed E-state index contributed by atoms with van der Waals surface area (Å²) in [5.41, 5.74) is -1.52. The maximum absolute atomic E-state index is 14.6. The summed E-state index contributed by atoms with van der Waals surface area (Å²) < 4.78 is 59.1. The molecule has 1 aliphatic rings. The smallest absolute Gasteiger partial charge is 0.279 e. The van der Waals surface area contributed by atoms with Crippen LogP contribution in [0.2, 0.25) is 0 Å². The maximum Gasteiger partial charge on any atom is 0.279 e. The first kappa shape index (κ1) is 21.4. The van der Waals surface area contributed by atoms with Gasteiger partial charge in [0.05, 0.1) is 24.1 Å². The topological polar surface area (TPSA) is 145 Å². The summed E-state index contributed by atoms with van der Waals surface area (Å²) in [6.45, 7) is -0.968. The van der Waals surface area contributed by atoms with Crippen LogP contribution < -0.4 is 15.4 Å². The van der Waals surface area contributed by atoms with E-state index in [1.54, 1.807) is 0 Å². The zero-order chi connectivity index (χ0) is 21.2. The predicted octanol–water partition coefficient (Wildman–Crippen LogP) is 1.12. The number of rotatable bonds is 7. The molecule has 0 amide bonds. The molecule has 1 fully saturated rings. The Kier molecular flexibility index (Phi) is 6.02. The second-order valence-corrected chi connectivity index (χ2v) is 8.87. The Morgan fingerprint density at radius 1 is 1.45 bits per heavy atom. The number of benzene rings is 1.